The van der Waals surface area contributed by atoms with E-state index in [0.29, 0.717) is 13.1 Å². The topological polar surface area (TPSA) is 59.4 Å². The Balaban J connectivity index is 1.95. The highest BCUT2D eigenvalue weighted by atomic mass is 16.5. The van der Waals surface area contributed by atoms with Crippen LogP contribution >= 0.6 is 0 Å². The lowest BCUT2D eigenvalue weighted by Crippen LogP contribution is -2.36. The Morgan fingerprint density at radius 3 is 2.75 bits per heavy atom. The van der Waals surface area contributed by atoms with Crippen LogP contribution in [0.2, 0.25) is 0 Å². The number of carbonyl (C=O) groups is 1. The molecule has 24 heavy (non-hydrogen) atoms. The highest BCUT2D eigenvalue weighted by Gasteiger charge is 2.14. The maximum Gasteiger partial charge on any atom is 0.317 e. The molecule has 2 aromatic rings. The van der Waals surface area contributed by atoms with Gasteiger partial charge in [-0.2, -0.15) is 5.10 Å². The Morgan fingerprint density at radius 2 is 2.12 bits per heavy atom. The lowest BCUT2D eigenvalue weighted by Gasteiger charge is -2.18. The zero-order chi connectivity index (χ0) is 17.7. The molecule has 1 aromatic carbocycles. The minimum atomic E-state index is -0.110. The van der Waals surface area contributed by atoms with Crippen LogP contribution in [0, 0.1) is 13.8 Å². The molecule has 0 bridgehead atoms. The number of benzene rings is 1. The second-order valence-electron chi connectivity index (χ2n) is 5.83. The summed E-state index contributed by atoms with van der Waals surface area (Å²) in [7, 11) is 3.42. The maximum absolute atomic E-state index is 12.3. The van der Waals surface area contributed by atoms with Gasteiger partial charge in [0.2, 0.25) is 0 Å². The molecule has 130 valence electrons. The second kappa shape index (κ2) is 7.86. The van der Waals surface area contributed by atoms with Crippen LogP contribution in [0.15, 0.2) is 24.3 Å². The molecule has 0 unspecified atom stereocenters. The largest absolute Gasteiger partial charge is 0.497 e. The number of methoxy groups -OCH3 is 1. The highest BCUT2D eigenvalue weighted by molar-refractivity contribution is 5.73. The van der Waals surface area contributed by atoms with Crippen molar-refractivity contribution in [2.75, 3.05) is 14.2 Å². The number of rotatable bonds is 6. The van der Waals surface area contributed by atoms with Gasteiger partial charge in [-0.05, 0) is 38.5 Å². The summed E-state index contributed by atoms with van der Waals surface area (Å²) in [6.07, 6.45) is 0. The predicted molar refractivity (Wildman–Crippen MR) is 94.1 cm³/mol. The first kappa shape index (κ1) is 17.8. The van der Waals surface area contributed by atoms with Crippen LogP contribution in [0.4, 0.5) is 4.79 Å². The number of aryl methyl sites for hydroxylation is 2. The predicted octanol–water partition coefficient (Wildman–Crippen LogP) is 2.87. The summed E-state index contributed by atoms with van der Waals surface area (Å²) in [6.45, 7) is 7.90. The molecule has 0 saturated heterocycles. The number of ether oxygens (including phenoxy) is 1. The van der Waals surface area contributed by atoms with E-state index in [9.17, 15) is 4.79 Å². The summed E-state index contributed by atoms with van der Waals surface area (Å²) < 4.78 is 7.17. The average molecular weight is 330 g/mol. The van der Waals surface area contributed by atoms with Gasteiger partial charge in [-0.3, -0.25) is 4.68 Å². The Hall–Kier alpha value is -2.50. The van der Waals surface area contributed by atoms with Crippen molar-refractivity contribution in [2.45, 2.75) is 40.4 Å². The molecule has 0 radical (unpaired) electrons. The Kier molecular flexibility index (Phi) is 5.84. The second-order valence-corrected chi connectivity index (χ2v) is 5.83. The third-order valence-electron chi connectivity index (χ3n) is 4.15. The third kappa shape index (κ3) is 4.07. The van der Waals surface area contributed by atoms with Gasteiger partial charge in [-0.15, -0.1) is 0 Å². The molecule has 6 nitrogen and oxygen atoms in total. The quantitative estimate of drug-likeness (QED) is 0.886. The fourth-order valence-electron chi connectivity index (χ4n) is 2.71. The molecule has 0 fully saturated rings. The van der Waals surface area contributed by atoms with E-state index in [0.717, 1.165) is 34.8 Å². The normalized spacial score (nSPS) is 10.5. The number of hydrogen-bond acceptors (Lipinski definition) is 3. The monoisotopic (exact) mass is 330 g/mol. The van der Waals surface area contributed by atoms with Crippen molar-refractivity contribution >= 4 is 6.03 Å². The highest BCUT2D eigenvalue weighted by Crippen LogP contribution is 2.15. The molecule has 0 aliphatic heterocycles. The molecule has 1 aromatic heterocycles. The summed E-state index contributed by atoms with van der Waals surface area (Å²) in [4.78, 5) is 14.0. The van der Waals surface area contributed by atoms with Gasteiger partial charge in [-0.25, -0.2) is 4.79 Å². The molecule has 1 heterocycles. The van der Waals surface area contributed by atoms with Crippen LogP contribution in [0.3, 0.4) is 0 Å². The molecule has 0 aliphatic rings. The van der Waals surface area contributed by atoms with Crippen LogP contribution in [-0.4, -0.2) is 34.9 Å². The van der Waals surface area contributed by atoms with E-state index in [1.165, 1.54) is 0 Å². The van der Waals surface area contributed by atoms with Crippen molar-refractivity contribution in [3.8, 4) is 5.75 Å². The van der Waals surface area contributed by atoms with Crippen molar-refractivity contribution in [2.24, 2.45) is 0 Å². The van der Waals surface area contributed by atoms with E-state index in [1.807, 2.05) is 42.8 Å². The molecule has 0 atom stereocenters. The van der Waals surface area contributed by atoms with E-state index >= 15 is 0 Å². The summed E-state index contributed by atoms with van der Waals surface area (Å²) in [5.74, 6) is 0.791. The van der Waals surface area contributed by atoms with Crippen LogP contribution < -0.4 is 10.1 Å². The van der Waals surface area contributed by atoms with E-state index in [2.05, 4.69) is 17.3 Å². The lowest BCUT2D eigenvalue weighted by atomic mass is 10.2. The number of amides is 2. The minimum Gasteiger partial charge on any atom is -0.497 e. The van der Waals surface area contributed by atoms with E-state index < -0.39 is 0 Å². The molecule has 1 N–H and O–H groups in total. The number of urea groups is 1. The Morgan fingerprint density at radius 1 is 1.38 bits per heavy atom. The van der Waals surface area contributed by atoms with Gasteiger partial charge in [0.15, 0.2) is 0 Å². The molecule has 6 heteroatoms. The zero-order valence-electron chi connectivity index (χ0n) is 15.1. The fraction of sp³-hybridized carbons (Fsp3) is 0.444. The standard InChI is InChI=1S/C18H26N4O2/c1-6-22-14(3)17(13(2)20-22)11-19-18(23)21(4)12-15-8-7-9-16(10-15)24-5/h7-10H,6,11-12H2,1-5H3,(H,19,23). The van der Waals surface area contributed by atoms with Crippen LogP contribution in [0.1, 0.15) is 29.4 Å². The van der Waals surface area contributed by atoms with Gasteiger partial charge in [0.05, 0.1) is 12.8 Å². The summed E-state index contributed by atoms with van der Waals surface area (Å²) >= 11 is 0. The summed E-state index contributed by atoms with van der Waals surface area (Å²) in [5.41, 5.74) is 4.17. The average Bonchev–Trinajstić information content (AvgIpc) is 2.86. The Bertz CT molecular complexity index is 709. The summed E-state index contributed by atoms with van der Waals surface area (Å²) in [5, 5.41) is 7.45. The molecule has 2 amide bonds. The first-order valence-electron chi connectivity index (χ1n) is 8.11. The molecular formula is C18H26N4O2. The van der Waals surface area contributed by atoms with Gasteiger partial charge < -0.3 is 15.0 Å². The molecule has 0 saturated carbocycles. The number of aromatic nitrogens is 2. The lowest BCUT2D eigenvalue weighted by molar-refractivity contribution is 0.206. The summed E-state index contributed by atoms with van der Waals surface area (Å²) in [6, 6.07) is 7.61. The number of nitrogens with zero attached hydrogens (tertiary/aromatic N) is 3. The minimum absolute atomic E-state index is 0.110. The van der Waals surface area contributed by atoms with Gasteiger partial charge in [0.25, 0.3) is 0 Å². The Labute approximate surface area is 143 Å². The smallest absolute Gasteiger partial charge is 0.317 e. The first-order valence-corrected chi connectivity index (χ1v) is 8.11. The third-order valence-corrected chi connectivity index (χ3v) is 4.15. The molecule has 2 rings (SSSR count). The van der Waals surface area contributed by atoms with Crippen LogP contribution in [0.25, 0.3) is 0 Å². The van der Waals surface area contributed by atoms with E-state index in [4.69, 9.17) is 4.74 Å². The fourth-order valence-corrected chi connectivity index (χ4v) is 2.71. The van der Waals surface area contributed by atoms with Crippen molar-refractivity contribution in [3.05, 3.63) is 46.8 Å². The number of carbonyl (C=O) groups excluding carboxylic acids is 1. The van der Waals surface area contributed by atoms with E-state index in [-0.39, 0.29) is 6.03 Å². The molecular weight excluding hydrogens is 304 g/mol. The van der Waals surface area contributed by atoms with Crippen molar-refractivity contribution in [1.82, 2.24) is 20.0 Å². The number of nitrogens with one attached hydrogen (secondary N) is 1. The van der Waals surface area contributed by atoms with Crippen molar-refractivity contribution in [1.29, 1.82) is 0 Å². The van der Waals surface area contributed by atoms with Crippen LogP contribution in [0.5, 0.6) is 5.75 Å². The zero-order valence-corrected chi connectivity index (χ0v) is 15.1. The first-order chi connectivity index (χ1) is 11.5. The SMILES string of the molecule is CCn1nc(C)c(CNC(=O)N(C)Cc2cccc(OC)c2)c1C. The van der Waals surface area contributed by atoms with Gasteiger partial charge in [0.1, 0.15) is 5.75 Å². The van der Waals surface area contributed by atoms with Gasteiger partial charge >= 0.3 is 6.03 Å². The van der Waals surface area contributed by atoms with Crippen molar-refractivity contribution < 1.29 is 9.53 Å². The number of hydrogen-bond donors (Lipinski definition) is 1. The van der Waals surface area contributed by atoms with Gasteiger partial charge in [0, 0.05) is 37.9 Å². The van der Waals surface area contributed by atoms with Crippen LogP contribution in [-0.2, 0) is 19.6 Å². The maximum atomic E-state index is 12.3. The van der Waals surface area contributed by atoms with Crippen molar-refractivity contribution in [3.63, 3.8) is 0 Å². The van der Waals surface area contributed by atoms with Gasteiger partial charge in [-0.1, -0.05) is 12.1 Å². The molecule has 0 aliphatic carbocycles. The molecule has 0 spiro atoms. The van der Waals surface area contributed by atoms with E-state index in [1.54, 1.807) is 19.1 Å².